The van der Waals surface area contributed by atoms with Crippen LogP contribution in [0.3, 0.4) is 0 Å². The van der Waals surface area contributed by atoms with E-state index in [0.717, 1.165) is 5.56 Å². The second-order valence-corrected chi connectivity index (χ2v) is 7.74. The molecule has 0 radical (unpaired) electrons. The summed E-state index contributed by atoms with van der Waals surface area (Å²) in [5.74, 6) is 0.0546. The molecule has 3 aromatic carbocycles. The van der Waals surface area contributed by atoms with Gasteiger partial charge in [-0.05, 0) is 54.4 Å². The lowest BCUT2D eigenvalue weighted by atomic mass is 10.2. The monoisotopic (exact) mass is 472 g/mol. The molecule has 3 aromatic rings. The maximum atomic E-state index is 12.1. The number of halogens is 2. The molecule has 0 fully saturated rings. The predicted molar refractivity (Wildman–Crippen MR) is 124 cm³/mol. The minimum atomic E-state index is -0.420. The van der Waals surface area contributed by atoms with Crippen molar-refractivity contribution >= 4 is 35.1 Å². The van der Waals surface area contributed by atoms with Crippen molar-refractivity contribution in [1.29, 1.82) is 0 Å². The summed E-state index contributed by atoms with van der Waals surface area (Å²) in [6, 6.07) is 21.0. The minimum absolute atomic E-state index is 0.175. The fraction of sp³-hybridized carbons (Fsp3) is 0.200. The first-order valence-electron chi connectivity index (χ1n) is 10.1. The zero-order valence-corrected chi connectivity index (χ0v) is 18.8. The van der Waals surface area contributed by atoms with E-state index in [2.05, 4.69) is 0 Å². The first kappa shape index (κ1) is 23.6. The predicted octanol–water partition coefficient (Wildman–Crippen LogP) is 6.16. The SMILES string of the molecule is O=C(CCCOc1ccc(Cl)cc1Cl)Oc1ccc(C(=O)OCCc2ccccc2)cc1. The van der Waals surface area contributed by atoms with Crippen LogP contribution in [0.1, 0.15) is 28.8 Å². The van der Waals surface area contributed by atoms with Crippen LogP contribution >= 0.6 is 23.2 Å². The molecule has 166 valence electrons. The molecular weight excluding hydrogens is 451 g/mol. The molecule has 0 amide bonds. The van der Waals surface area contributed by atoms with E-state index in [4.69, 9.17) is 37.4 Å². The van der Waals surface area contributed by atoms with Crippen LogP contribution in [-0.4, -0.2) is 25.2 Å². The van der Waals surface area contributed by atoms with E-state index >= 15 is 0 Å². The van der Waals surface area contributed by atoms with Crippen LogP contribution in [0.2, 0.25) is 10.0 Å². The second-order valence-electron chi connectivity index (χ2n) is 6.90. The molecule has 5 nitrogen and oxygen atoms in total. The Morgan fingerprint density at radius 1 is 0.844 bits per heavy atom. The van der Waals surface area contributed by atoms with Crippen molar-refractivity contribution in [2.24, 2.45) is 0 Å². The van der Waals surface area contributed by atoms with Gasteiger partial charge in [-0.1, -0.05) is 53.5 Å². The van der Waals surface area contributed by atoms with E-state index in [1.807, 2.05) is 30.3 Å². The third-order valence-electron chi connectivity index (χ3n) is 4.47. The normalized spacial score (nSPS) is 10.4. The van der Waals surface area contributed by atoms with Gasteiger partial charge < -0.3 is 14.2 Å². The fourth-order valence-corrected chi connectivity index (χ4v) is 3.29. The molecule has 0 aliphatic rings. The lowest BCUT2D eigenvalue weighted by Gasteiger charge is -2.09. The number of carbonyl (C=O) groups excluding carboxylic acids is 2. The van der Waals surface area contributed by atoms with E-state index in [0.29, 0.717) is 53.2 Å². The van der Waals surface area contributed by atoms with Crippen LogP contribution in [0.15, 0.2) is 72.8 Å². The quantitative estimate of drug-likeness (QED) is 0.201. The van der Waals surface area contributed by atoms with Crippen LogP contribution in [0.25, 0.3) is 0 Å². The third kappa shape index (κ3) is 7.59. The maximum absolute atomic E-state index is 12.1. The second kappa shape index (κ2) is 12.1. The van der Waals surface area contributed by atoms with Gasteiger partial charge in [-0.2, -0.15) is 0 Å². The Bertz CT molecular complexity index is 1040. The average Bonchev–Trinajstić information content (AvgIpc) is 2.79. The number of hydrogen-bond donors (Lipinski definition) is 0. The molecule has 0 aliphatic carbocycles. The summed E-state index contributed by atoms with van der Waals surface area (Å²) in [6.45, 7) is 0.604. The fourth-order valence-electron chi connectivity index (χ4n) is 2.82. The van der Waals surface area contributed by atoms with Gasteiger partial charge in [0.2, 0.25) is 0 Å². The summed E-state index contributed by atoms with van der Waals surface area (Å²) >= 11 is 11.9. The van der Waals surface area contributed by atoms with Gasteiger partial charge in [0, 0.05) is 17.9 Å². The van der Waals surface area contributed by atoms with Gasteiger partial charge in [0.15, 0.2) is 0 Å². The topological polar surface area (TPSA) is 61.8 Å². The number of ether oxygens (including phenoxy) is 3. The summed E-state index contributed by atoms with van der Waals surface area (Å²) < 4.78 is 16.1. The number of rotatable bonds is 10. The lowest BCUT2D eigenvalue weighted by molar-refractivity contribution is -0.134. The Hall–Kier alpha value is -3.02. The number of benzene rings is 3. The van der Waals surface area contributed by atoms with Crippen molar-refractivity contribution in [2.45, 2.75) is 19.3 Å². The smallest absolute Gasteiger partial charge is 0.338 e. The molecule has 0 saturated carbocycles. The van der Waals surface area contributed by atoms with E-state index in [9.17, 15) is 9.59 Å². The van der Waals surface area contributed by atoms with Crippen molar-refractivity contribution in [3.63, 3.8) is 0 Å². The highest BCUT2D eigenvalue weighted by Crippen LogP contribution is 2.27. The first-order valence-corrected chi connectivity index (χ1v) is 10.9. The third-order valence-corrected chi connectivity index (χ3v) is 5.00. The van der Waals surface area contributed by atoms with Crippen LogP contribution in [-0.2, 0) is 16.0 Å². The van der Waals surface area contributed by atoms with Crippen molar-refractivity contribution < 1.29 is 23.8 Å². The summed E-state index contributed by atoms with van der Waals surface area (Å²) in [4.78, 5) is 24.2. The van der Waals surface area contributed by atoms with Crippen molar-refractivity contribution in [1.82, 2.24) is 0 Å². The average molecular weight is 473 g/mol. The van der Waals surface area contributed by atoms with Gasteiger partial charge in [0.1, 0.15) is 11.5 Å². The number of carbonyl (C=O) groups is 2. The molecule has 0 saturated heterocycles. The Morgan fingerprint density at radius 2 is 1.59 bits per heavy atom. The number of esters is 2. The van der Waals surface area contributed by atoms with Crippen molar-refractivity contribution in [3.8, 4) is 11.5 Å². The van der Waals surface area contributed by atoms with Gasteiger partial charge in [0.25, 0.3) is 0 Å². The molecule has 0 bridgehead atoms. The highest BCUT2D eigenvalue weighted by Gasteiger charge is 2.10. The summed E-state index contributed by atoms with van der Waals surface area (Å²) in [5, 5.41) is 0.941. The largest absolute Gasteiger partial charge is 0.492 e. The molecule has 0 unspecified atom stereocenters. The molecule has 0 atom stereocenters. The van der Waals surface area contributed by atoms with Crippen LogP contribution in [0.4, 0.5) is 0 Å². The van der Waals surface area contributed by atoms with Gasteiger partial charge in [-0.25, -0.2) is 4.79 Å². The number of hydrogen-bond acceptors (Lipinski definition) is 5. The van der Waals surface area contributed by atoms with E-state index in [1.165, 1.54) is 0 Å². The highest BCUT2D eigenvalue weighted by molar-refractivity contribution is 6.35. The first-order chi connectivity index (χ1) is 15.5. The van der Waals surface area contributed by atoms with Crippen LogP contribution in [0, 0.1) is 0 Å². The van der Waals surface area contributed by atoms with Crippen molar-refractivity contribution in [3.05, 3.63) is 94.0 Å². The molecule has 7 heteroatoms. The van der Waals surface area contributed by atoms with E-state index in [1.54, 1.807) is 42.5 Å². The highest BCUT2D eigenvalue weighted by atomic mass is 35.5. The summed E-state index contributed by atoms with van der Waals surface area (Å²) in [5.41, 5.74) is 1.50. The standard InChI is InChI=1S/C25H22Cl2O5/c26-20-10-13-23(22(27)17-20)30-15-4-7-24(28)32-21-11-8-19(9-12-21)25(29)31-16-14-18-5-2-1-3-6-18/h1-3,5-6,8-13,17H,4,7,14-16H2. The van der Waals surface area contributed by atoms with E-state index < -0.39 is 11.9 Å². The summed E-state index contributed by atoms with van der Waals surface area (Å²) in [7, 11) is 0. The van der Waals surface area contributed by atoms with Gasteiger partial charge in [-0.3, -0.25) is 4.79 Å². The summed E-state index contributed by atoms with van der Waals surface area (Å²) in [6.07, 6.45) is 1.29. The van der Waals surface area contributed by atoms with Crippen molar-refractivity contribution in [2.75, 3.05) is 13.2 Å². The molecule has 0 aromatic heterocycles. The Balaban J connectivity index is 1.36. The Labute approximate surface area is 196 Å². The molecule has 0 heterocycles. The Kier molecular flexibility index (Phi) is 8.96. The molecule has 0 spiro atoms. The molecule has 0 aliphatic heterocycles. The maximum Gasteiger partial charge on any atom is 0.338 e. The van der Waals surface area contributed by atoms with Gasteiger partial charge >= 0.3 is 11.9 Å². The minimum Gasteiger partial charge on any atom is -0.492 e. The molecule has 0 N–H and O–H groups in total. The van der Waals surface area contributed by atoms with E-state index in [-0.39, 0.29) is 6.42 Å². The zero-order valence-electron chi connectivity index (χ0n) is 17.3. The van der Waals surface area contributed by atoms with Crippen LogP contribution in [0.5, 0.6) is 11.5 Å². The molecular formula is C25H22Cl2O5. The molecule has 32 heavy (non-hydrogen) atoms. The molecule has 3 rings (SSSR count). The lowest BCUT2D eigenvalue weighted by Crippen LogP contribution is -2.11. The van der Waals surface area contributed by atoms with Gasteiger partial charge in [0.05, 0.1) is 23.8 Å². The van der Waals surface area contributed by atoms with Crippen LogP contribution < -0.4 is 9.47 Å². The van der Waals surface area contributed by atoms with Gasteiger partial charge in [-0.15, -0.1) is 0 Å². The zero-order chi connectivity index (χ0) is 22.8. The Morgan fingerprint density at radius 3 is 2.31 bits per heavy atom.